The van der Waals surface area contributed by atoms with Gasteiger partial charge in [-0.15, -0.1) is 12.4 Å². The molecule has 1 saturated heterocycles. The van der Waals surface area contributed by atoms with Gasteiger partial charge in [0.15, 0.2) is 0 Å². The van der Waals surface area contributed by atoms with Crippen LogP contribution in [0.5, 0.6) is 0 Å². The molecule has 1 aliphatic rings. The van der Waals surface area contributed by atoms with Crippen LogP contribution in [0, 0.1) is 5.92 Å². The summed E-state index contributed by atoms with van der Waals surface area (Å²) in [6.07, 6.45) is 4.09. The van der Waals surface area contributed by atoms with Crippen LogP contribution in [0.25, 0.3) is 11.5 Å². The first-order valence-corrected chi connectivity index (χ1v) is 7.75. The number of benzene rings is 1. The highest BCUT2D eigenvalue weighted by molar-refractivity contribution is 6.30. The Labute approximate surface area is 142 Å². The van der Waals surface area contributed by atoms with Gasteiger partial charge in [0.05, 0.1) is 5.69 Å². The third-order valence-electron chi connectivity index (χ3n) is 4.05. The van der Waals surface area contributed by atoms with E-state index >= 15 is 0 Å². The van der Waals surface area contributed by atoms with E-state index in [1.807, 2.05) is 24.3 Å². The SMILES string of the molecule is Cl.NCC1CCN(Cc2coc(-c3cccc(Cl)c3)n2)CC1. The third-order valence-corrected chi connectivity index (χ3v) is 4.28. The summed E-state index contributed by atoms with van der Waals surface area (Å²) in [7, 11) is 0. The highest BCUT2D eigenvalue weighted by Gasteiger charge is 2.19. The Bertz CT molecular complexity index is 595. The van der Waals surface area contributed by atoms with Crippen molar-refractivity contribution in [1.29, 1.82) is 0 Å². The van der Waals surface area contributed by atoms with Crippen molar-refractivity contribution in [3.8, 4) is 11.5 Å². The molecule has 0 unspecified atom stereocenters. The summed E-state index contributed by atoms with van der Waals surface area (Å²) in [5, 5.41) is 0.691. The normalized spacial score (nSPS) is 16.5. The van der Waals surface area contributed by atoms with Crippen molar-refractivity contribution in [2.24, 2.45) is 11.7 Å². The van der Waals surface area contributed by atoms with Crippen LogP contribution in [0.1, 0.15) is 18.5 Å². The lowest BCUT2D eigenvalue weighted by Gasteiger charge is -2.30. The first-order chi connectivity index (χ1) is 10.2. The minimum absolute atomic E-state index is 0. The van der Waals surface area contributed by atoms with E-state index in [0.29, 0.717) is 16.8 Å². The second-order valence-corrected chi connectivity index (χ2v) is 6.05. The first kappa shape index (κ1) is 17.3. The fourth-order valence-corrected chi connectivity index (χ4v) is 2.93. The number of piperidine rings is 1. The van der Waals surface area contributed by atoms with E-state index < -0.39 is 0 Å². The molecule has 1 fully saturated rings. The predicted molar refractivity (Wildman–Crippen MR) is 91.3 cm³/mol. The van der Waals surface area contributed by atoms with Crippen LogP contribution in [0.3, 0.4) is 0 Å². The number of hydrogen-bond acceptors (Lipinski definition) is 4. The van der Waals surface area contributed by atoms with Crippen molar-refractivity contribution < 1.29 is 4.42 Å². The van der Waals surface area contributed by atoms with E-state index in [0.717, 1.165) is 37.4 Å². The molecular weight excluding hydrogens is 321 g/mol. The highest BCUT2D eigenvalue weighted by Crippen LogP contribution is 2.23. The van der Waals surface area contributed by atoms with E-state index in [4.69, 9.17) is 21.8 Å². The second-order valence-electron chi connectivity index (χ2n) is 5.61. The monoisotopic (exact) mass is 341 g/mol. The number of nitrogens with two attached hydrogens (primary N) is 1. The summed E-state index contributed by atoms with van der Waals surface area (Å²) in [5.74, 6) is 1.31. The maximum absolute atomic E-state index is 6.00. The van der Waals surface area contributed by atoms with Gasteiger partial charge in [0, 0.05) is 17.1 Å². The fourth-order valence-electron chi connectivity index (χ4n) is 2.74. The zero-order valence-corrected chi connectivity index (χ0v) is 13.9. The number of rotatable bonds is 4. The number of aromatic nitrogens is 1. The minimum Gasteiger partial charge on any atom is -0.444 e. The van der Waals surface area contributed by atoms with E-state index in [2.05, 4.69) is 9.88 Å². The lowest BCUT2D eigenvalue weighted by Crippen LogP contribution is -2.35. The largest absolute Gasteiger partial charge is 0.444 e. The quantitative estimate of drug-likeness (QED) is 0.923. The summed E-state index contributed by atoms with van der Waals surface area (Å²) in [5.41, 5.74) is 7.61. The van der Waals surface area contributed by atoms with Crippen molar-refractivity contribution in [1.82, 2.24) is 9.88 Å². The van der Waals surface area contributed by atoms with Gasteiger partial charge >= 0.3 is 0 Å². The van der Waals surface area contributed by atoms with Crippen LogP contribution in [-0.2, 0) is 6.54 Å². The lowest BCUT2D eigenvalue weighted by atomic mass is 9.97. The number of nitrogens with zero attached hydrogens (tertiary/aromatic N) is 2. The predicted octanol–water partition coefficient (Wildman–Crippen LogP) is 3.59. The van der Waals surface area contributed by atoms with Crippen LogP contribution in [0.4, 0.5) is 0 Å². The van der Waals surface area contributed by atoms with Gasteiger partial charge < -0.3 is 10.2 Å². The van der Waals surface area contributed by atoms with Gasteiger partial charge in [-0.3, -0.25) is 4.90 Å². The molecule has 2 aromatic rings. The molecule has 0 aliphatic carbocycles. The molecule has 1 aliphatic heterocycles. The molecule has 120 valence electrons. The summed E-state index contributed by atoms with van der Waals surface area (Å²) in [6.45, 7) is 3.81. The molecule has 3 rings (SSSR count). The molecule has 2 heterocycles. The molecule has 4 nitrogen and oxygen atoms in total. The number of hydrogen-bond donors (Lipinski definition) is 1. The van der Waals surface area contributed by atoms with Crippen molar-refractivity contribution in [2.75, 3.05) is 19.6 Å². The van der Waals surface area contributed by atoms with Crippen LogP contribution in [0.15, 0.2) is 34.9 Å². The molecule has 1 aromatic heterocycles. The van der Waals surface area contributed by atoms with Gasteiger partial charge in [-0.2, -0.15) is 0 Å². The fraction of sp³-hybridized carbons (Fsp3) is 0.438. The Balaban J connectivity index is 0.00000176. The Kier molecular flexibility index (Phi) is 6.26. The summed E-state index contributed by atoms with van der Waals surface area (Å²) >= 11 is 6.00. The highest BCUT2D eigenvalue weighted by atomic mass is 35.5. The summed E-state index contributed by atoms with van der Waals surface area (Å²) in [4.78, 5) is 6.97. The van der Waals surface area contributed by atoms with Gasteiger partial charge in [0.25, 0.3) is 0 Å². The molecule has 6 heteroatoms. The Morgan fingerprint density at radius 2 is 2.09 bits per heavy atom. The molecule has 0 saturated carbocycles. The second kappa shape index (κ2) is 7.97. The van der Waals surface area contributed by atoms with Crippen LogP contribution in [-0.4, -0.2) is 29.5 Å². The standard InChI is InChI=1S/C16H20ClN3O.ClH/c17-14-3-1-2-13(8-14)16-19-15(11-21-16)10-20-6-4-12(9-18)5-7-20;/h1-3,8,11-12H,4-7,9-10,18H2;1H. The molecular formula is C16H21Cl2N3O. The maximum atomic E-state index is 6.00. The molecule has 0 bridgehead atoms. The zero-order chi connectivity index (χ0) is 14.7. The first-order valence-electron chi connectivity index (χ1n) is 7.37. The molecule has 2 N–H and O–H groups in total. The Morgan fingerprint density at radius 3 is 2.77 bits per heavy atom. The van der Waals surface area contributed by atoms with Crippen molar-refractivity contribution in [3.05, 3.63) is 41.2 Å². The molecule has 0 amide bonds. The van der Waals surface area contributed by atoms with E-state index in [9.17, 15) is 0 Å². The molecule has 1 aromatic carbocycles. The Morgan fingerprint density at radius 1 is 1.32 bits per heavy atom. The molecule has 0 atom stereocenters. The number of halogens is 2. The zero-order valence-electron chi connectivity index (χ0n) is 12.4. The van der Waals surface area contributed by atoms with Gasteiger partial charge in [0.2, 0.25) is 5.89 Å². The maximum Gasteiger partial charge on any atom is 0.226 e. The van der Waals surface area contributed by atoms with E-state index in [1.54, 1.807) is 6.26 Å². The summed E-state index contributed by atoms with van der Waals surface area (Å²) in [6, 6.07) is 7.56. The molecule has 0 radical (unpaired) electrons. The van der Waals surface area contributed by atoms with Gasteiger partial charge in [-0.1, -0.05) is 17.7 Å². The number of likely N-dealkylation sites (tertiary alicyclic amines) is 1. The van der Waals surface area contributed by atoms with Crippen molar-refractivity contribution >= 4 is 24.0 Å². The number of oxazole rings is 1. The van der Waals surface area contributed by atoms with Crippen LogP contribution >= 0.6 is 24.0 Å². The molecule has 22 heavy (non-hydrogen) atoms. The Hall–Kier alpha value is -1.07. The third kappa shape index (κ3) is 4.23. The smallest absolute Gasteiger partial charge is 0.226 e. The van der Waals surface area contributed by atoms with Gasteiger partial charge in [0.1, 0.15) is 6.26 Å². The van der Waals surface area contributed by atoms with Crippen molar-refractivity contribution in [2.45, 2.75) is 19.4 Å². The van der Waals surface area contributed by atoms with Crippen LogP contribution in [0.2, 0.25) is 5.02 Å². The average molecular weight is 342 g/mol. The lowest BCUT2D eigenvalue weighted by molar-refractivity contribution is 0.178. The van der Waals surface area contributed by atoms with Gasteiger partial charge in [-0.25, -0.2) is 4.98 Å². The van der Waals surface area contributed by atoms with E-state index in [1.165, 1.54) is 12.8 Å². The molecule has 0 spiro atoms. The topological polar surface area (TPSA) is 55.3 Å². The van der Waals surface area contributed by atoms with E-state index in [-0.39, 0.29) is 12.4 Å². The van der Waals surface area contributed by atoms with Crippen LogP contribution < -0.4 is 5.73 Å². The average Bonchev–Trinajstić information content (AvgIpc) is 2.97. The minimum atomic E-state index is 0. The van der Waals surface area contributed by atoms with Crippen molar-refractivity contribution in [3.63, 3.8) is 0 Å². The van der Waals surface area contributed by atoms with Gasteiger partial charge in [-0.05, 0) is 56.6 Å². The summed E-state index contributed by atoms with van der Waals surface area (Å²) < 4.78 is 5.57.